The highest BCUT2D eigenvalue weighted by Gasteiger charge is 2.39. The van der Waals surface area contributed by atoms with Crippen molar-refractivity contribution in [2.24, 2.45) is 5.73 Å². The van der Waals surface area contributed by atoms with Gasteiger partial charge < -0.3 is 21.3 Å². The van der Waals surface area contributed by atoms with Gasteiger partial charge in [-0.25, -0.2) is 9.18 Å². The highest BCUT2D eigenvalue weighted by atomic mass is 35.5. The molecule has 2 unspecified atom stereocenters. The summed E-state index contributed by atoms with van der Waals surface area (Å²) in [6.07, 6.45) is 3.22. The summed E-state index contributed by atoms with van der Waals surface area (Å²) >= 11 is 6.18. The minimum absolute atomic E-state index is 0. The van der Waals surface area contributed by atoms with E-state index in [1.807, 2.05) is 11.8 Å². The molecule has 7 nitrogen and oxygen atoms in total. The lowest BCUT2D eigenvalue weighted by Crippen LogP contribution is -2.68. The summed E-state index contributed by atoms with van der Waals surface area (Å²) in [4.78, 5) is 28.8. The summed E-state index contributed by atoms with van der Waals surface area (Å²) in [5, 5.41) is 6.47. The lowest BCUT2D eigenvalue weighted by Gasteiger charge is -2.50. The molecule has 3 amide bonds. The first kappa shape index (κ1) is 26.0. The van der Waals surface area contributed by atoms with E-state index in [2.05, 4.69) is 15.5 Å². The maximum absolute atomic E-state index is 13.2. The van der Waals surface area contributed by atoms with Gasteiger partial charge in [0.1, 0.15) is 5.82 Å². The summed E-state index contributed by atoms with van der Waals surface area (Å²) in [6.45, 7) is 5.46. The van der Waals surface area contributed by atoms with Crippen LogP contribution in [0.4, 0.5) is 14.9 Å². The zero-order chi connectivity index (χ0) is 23.5. The molecule has 2 atom stereocenters. The van der Waals surface area contributed by atoms with Crippen molar-refractivity contribution in [3.05, 3.63) is 70.0 Å². The molecule has 10 heteroatoms. The van der Waals surface area contributed by atoms with Crippen LogP contribution >= 0.6 is 24.0 Å². The number of amides is 3. The van der Waals surface area contributed by atoms with Crippen LogP contribution in [0.5, 0.6) is 0 Å². The summed E-state index contributed by atoms with van der Waals surface area (Å²) in [5.74, 6) is -0.322. The molecular weight excluding hydrogens is 480 g/mol. The molecule has 0 aromatic heterocycles. The second-order valence-electron chi connectivity index (χ2n) is 8.54. The van der Waals surface area contributed by atoms with Crippen LogP contribution in [0.25, 0.3) is 6.08 Å². The van der Waals surface area contributed by atoms with Crippen LogP contribution in [0.3, 0.4) is 0 Å². The lowest BCUT2D eigenvalue weighted by atomic mass is 10.00. The molecule has 2 bridgehead atoms. The molecule has 4 rings (SSSR count). The van der Waals surface area contributed by atoms with E-state index in [0.717, 1.165) is 30.8 Å². The molecule has 2 heterocycles. The summed E-state index contributed by atoms with van der Waals surface area (Å²) in [6, 6.07) is 9.35. The van der Waals surface area contributed by atoms with Gasteiger partial charge in [-0.3, -0.25) is 9.69 Å². The van der Waals surface area contributed by atoms with E-state index in [1.54, 1.807) is 30.3 Å². The fourth-order valence-corrected chi connectivity index (χ4v) is 4.72. The quantitative estimate of drug-likeness (QED) is 0.541. The van der Waals surface area contributed by atoms with E-state index in [9.17, 15) is 14.0 Å². The van der Waals surface area contributed by atoms with Crippen molar-refractivity contribution in [2.75, 3.05) is 31.5 Å². The Balaban J connectivity index is 0.00000324. The van der Waals surface area contributed by atoms with Gasteiger partial charge in [0.2, 0.25) is 5.91 Å². The maximum Gasteiger partial charge on any atom is 0.316 e. The van der Waals surface area contributed by atoms with Gasteiger partial charge in [-0.05, 0) is 54.0 Å². The van der Waals surface area contributed by atoms with Gasteiger partial charge in [-0.2, -0.15) is 0 Å². The Morgan fingerprint density at radius 3 is 2.47 bits per heavy atom. The third-order valence-electron chi connectivity index (χ3n) is 6.05. The number of nitrogens with two attached hydrogens (primary N) is 1. The molecule has 2 aliphatic rings. The Hall–Kier alpha value is -2.65. The van der Waals surface area contributed by atoms with Crippen LogP contribution in [0, 0.1) is 12.7 Å². The van der Waals surface area contributed by atoms with Crippen molar-refractivity contribution < 1.29 is 14.0 Å². The number of nitrogens with zero attached hydrogens (tertiary/aromatic N) is 2. The van der Waals surface area contributed by atoms with Crippen molar-refractivity contribution in [2.45, 2.75) is 25.6 Å². The van der Waals surface area contributed by atoms with Gasteiger partial charge >= 0.3 is 6.03 Å². The van der Waals surface area contributed by atoms with Gasteiger partial charge in [0.05, 0.1) is 17.8 Å². The van der Waals surface area contributed by atoms with Crippen LogP contribution in [-0.2, 0) is 11.3 Å². The highest BCUT2D eigenvalue weighted by molar-refractivity contribution is 6.31. The second kappa shape index (κ2) is 11.2. The molecule has 2 aromatic rings. The lowest BCUT2D eigenvalue weighted by molar-refractivity contribution is -0.136. The minimum atomic E-state index is -0.700. The smallest absolute Gasteiger partial charge is 0.316 e. The Morgan fingerprint density at radius 2 is 1.85 bits per heavy atom. The van der Waals surface area contributed by atoms with Crippen LogP contribution < -0.4 is 16.4 Å². The standard InChI is InChI=1S/C24H27ClFN5O2.ClH/c1-15-8-17(22(9-21(15)25)29-24(27)33)4-7-23(32)31-19-10-28-11-20(31)14-30(13-19)12-16-2-5-18(26)6-3-16;/h2-9,19-20,28H,10-14H2,1H3,(H3,27,29,33);1H. The Bertz CT molecular complexity index is 1070. The van der Waals surface area contributed by atoms with Gasteiger partial charge in [-0.15, -0.1) is 12.4 Å². The van der Waals surface area contributed by atoms with Crippen LogP contribution in [-0.4, -0.2) is 60.0 Å². The molecule has 0 aliphatic carbocycles. The number of urea groups is 1. The Kier molecular flexibility index (Phi) is 8.54. The number of rotatable bonds is 5. The van der Waals surface area contributed by atoms with Crippen molar-refractivity contribution in [3.8, 4) is 0 Å². The molecular formula is C24H28Cl2FN5O2. The number of piperazine rings is 2. The third-order valence-corrected chi connectivity index (χ3v) is 6.46. The van der Waals surface area contributed by atoms with Crippen molar-refractivity contribution in [1.29, 1.82) is 0 Å². The second-order valence-corrected chi connectivity index (χ2v) is 8.95. The van der Waals surface area contributed by atoms with Crippen molar-refractivity contribution in [1.82, 2.24) is 15.1 Å². The Morgan fingerprint density at radius 1 is 1.21 bits per heavy atom. The molecule has 0 saturated carbocycles. The topological polar surface area (TPSA) is 90.7 Å². The average Bonchev–Trinajstić information content (AvgIpc) is 2.75. The molecule has 4 N–H and O–H groups in total. The van der Waals surface area contributed by atoms with Crippen LogP contribution in [0.2, 0.25) is 5.02 Å². The number of carbonyl (C=O) groups is 2. The van der Waals surface area contributed by atoms with E-state index >= 15 is 0 Å². The largest absolute Gasteiger partial charge is 0.351 e. The fraction of sp³-hybridized carbons (Fsp3) is 0.333. The summed E-state index contributed by atoms with van der Waals surface area (Å²) in [7, 11) is 0. The number of fused-ring (bicyclic) bond motifs is 2. The van der Waals surface area contributed by atoms with Gasteiger partial charge in [-0.1, -0.05) is 23.7 Å². The van der Waals surface area contributed by atoms with Crippen molar-refractivity contribution in [3.63, 3.8) is 0 Å². The molecule has 2 aliphatic heterocycles. The fourth-order valence-electron chi connectivity index (χ4n) is 4.55. The van der Waals surface area contributed by atoms with E-state index < -0.39 is 6.03 Å². The summed E-state index contributed by atoms with van der Waals surface area (Å²) < 4.78 is 13.2. The number of anilines is 1. The summed E-state index contributed by atoms with van der Waals surface area (Å²) in [5.41, 5.74) is 8.25. The van der Waals surface area contributed by atoms with Crippen molar-refractivity contribution >= 4 is 47.7 Å². The van der Waals surface area contributed by atoms with Gasteiger partial charge in [0.25, 0.3) is 0 Å². The number of primary amides is 1. The predicted octanol–water partition coefficient (Wildman–Crippen LogP) is 3.40. The van der Waals surface area contributed by atoms with Gasteiger partial charge in [0.15, 0.2) is 0 Å². The highest BCUT2D eigenvalue weighted by Crippen LogP contribution is 2.27. The van der Waals surface area contributed by atoms with Crippen LogP contribution in [0.15, 0.2) is 42.5 Å². The first-order chi connectivity index (χ1) is 15.8. The number of hydrogen-bond acceptors (Lipinski definition) is 4. The monoisotopic (exact) mass is 507 g/mol. The number of hydrogen-bond donors (Lipinski definition) is 3. The molecule has 0 radical (unpaired) electrons. The van der Waals surface area contributed by atoms with E-state index in [0.29, 0.717) is 29.4 Å². The number of nitrogens with one attached hydrogen (secondary N) is 2. The number of halogens is 3. The van der Waals surface area contributed by atoms with E-state index in [-0.39, 0.29) is 36.2 Å². The molecule has 2 fully saturated rings. The van der Waals surface area contributed by atoms with Crippen LogP contribution in [0.1, 0.15) is 16.7 Å². The molecule has 0 spiro atoms. The minimum Gasteiger partial charge on any atom is -0.351 e. The SMILES string of the molecule is Cc1cc(C=CC(=O)N2C3CNCC2CN(Cc2ccc(F)cc2)C3)c(NC(N)=O)cc1Cl.Cl. The zero-order valence-corrected chi connectivity index (χ0v) is 20.3. The predicted molar refractivity (Wildman–Crippen MR) is 135 cm³/mol. The molecule has 34 heavy (non-hydrogen) atoms. The first-order valence-corrected chi connectivity index (χ1v) is 11.2. The van der Waals surface area contributed by atoms with Gasteiger partial charge in [0, 0.05) is 43.8 Å². The maximum atomic E-state index is 13.2. The number of aryl methyl sites for hydroxylation is 1. The molecule has 182 valence electrons. The average molecular weight is 508 g/mol. The molecule has 2 aromatic carbocycles. The van der Waals surface area contributed by atoms with E-state index in [4.69, 9.17) is 17.3 Å². The normalized spacial score (nSPS) is 20.1. The molecule has 2 saturated heterocycles. The Labute approximate surface area is 209 Å². The third kappa shape index (κ3) is 6.07. The van der Waals surface area contributed by atoms with E-state index in [1.165, 1.54) is 18.2 Å². The number of carbonyl (C=O) groups excluding carboxylic acids is 2. The zero-order valence-electron chi connectivity index (χ0n) is 18.8. The first-order valence-electron chi connectivity index (χ1n) is 10.8. The number of benzene rings is 2.